The second-order valence-electron chi connectivity index (χ2n) is 7.42. The van der Waals surface area contributed by atoms with E-state index >= 15 is 0 Å². The lowest BCUT2D eigenvalue weighted by atomic mass is 10.1. The van der Waals surface area contributed by atoms with Crippen LogP contribution < -0.4 is 10.3 Å². The van der Waals surface area contributed by atoms with E-state index in [1.165, 1.54) is 25.2 Å². The third kappa shape index (κ3) is 4.72. The summed E-state index contributed by atoms with van der Waals surface area (Å²) in [6, 6.07) is 11.5. The monoisotopic (exact) mass is 385 g/mol. The van der Waals surface area contributed by atoms with E-state index in [1.54, 1.807) is 17.0 Å². The average Bonchev–Trinajstić information content (AvgIpc) is 3.56. The van der Waals surface area contributed by atoms with Crippen LogP contribution in [0.3, 0.4) is 0 Å². The smallest absolute Gasteiger partial charge is 0.254 e. The molecule has 0 bridgehead atoms. The van der Waals surface area contributed by atoms with Crippen LogP contribution in [0.25, 0.3) is 0 Å². The molecule has 4 rings (SSSR count). The zero-order valence-corrected chi connectivity index (χ0v) is 16.6. The molecule has 0 unspecified atom stereocenters. The summed E-state index contributed by atoms with van der Waals surface area (Å²) in [5, 5.41) is 0. The Labute approximate surface area is 170 Å². The molecule has 2 heterocycles. The molecule has 0 aliphatic heterocycles. The van der Waals surface area contributed by atoms with Crippen molar-refractivity contribution in [3.8, 4) is 17.6 Å². The Kier molecular flexibility index (Phi) is 5.44. The predicted molar refractivity (Wildman–Crippen MR) is 112 cm³/mol. The number of ether oxygens (including phenoxy) is 1. The van der Waals surface area contributed by atoms with Crippen LogP contribution in [-0.4, -0.2) is 14.5 Å². The van der Waals surface area contributed by atoms with Crippen molar-refractivity contribution in [1.29, 1.82) is 0 Å². The van der Waals surface area contributed by atoms with Crippen LogP contribution in [0.1, 0.15) is 48.2 Å². The molecule has 1 aliphatic carbocycles. The fourth-order valence-electron chi connectivity index (χ4n) is 3.24. The highest BCUT2D eigenvalue weighted by Gasteiger charge is 2.18. The first-order chi connectivity index (χ1) is 14.1. The van der Waals surface area contributed by atoms with Crippen LogP contribution >= 0.6 is 0 Å². The zero-order chi connectivity index (χ0) is 20.2. The summed E-state index contributed by atoms with van der Waals surface area (Å²) in [7, 11) is 0. The molecule has 5 nitrogen and oxygen atoms in total. The van der Waals surface area contributed by atoms with E-state index in [9.17, 15) is 4.79 Å². The van der Waals surface area contributed by atoms with Crippen molar-refractivity contribution in [3.63, 3.8) is 0 Å². The van der Waals surface area contributed by atoms with Gasteiger partial charge in [-0.25, -0.2) is 9.97 Å². The van der Waals surface area contributed by atoms with Gasteiger partial charge in [-0.2, -0.15) is 0 Å². The van der Waals surface area contributed by atoms with Gasteiger partial charge in [0.1, 0.15) is 18.7 Å². The van der Waals surface area contributed by atoms with Crippen molar-refractivity contribution in [1.82, 2.24) is 14.5 Å². The molecule has 1 saturated carbocycles. The Morgan fingerprint density at radius 2 is 1.90 bits per heavy atom. The van der Waals surface area contributed by atoms with Crippen molar-refractivity contribution in [2.75, 3.05) is 0 Å². The van der Waals surface area contributed by atoms with Gasteiger partial charge in [-0.15, -0.1) is 0 Å². The van der Waals surface area contributed by atoms with E-state index in [-0.39, 0.29) is 11.6 Å². The van der Waals surface area contributed by atoms with Crippen molar-refractivity contribution in [3.05, 3.63) is 87.9 Å². The normalized spacial score (nSPS) is 14.0. The third-order valence-electron chi connectivity index (χ3n) is 5.03. The maximum absolute atomic E-state index is 12.8. The summed E-state index contributed by atoms with van der Waals surface area (Å²) in [4.78, 5) is 20.7. The Balaban J connectivity index is 1.50. The highest BCUT2D eigenvalue weighted by atomic mass is 16.5. The molecule has 1 aromatic carbocycles. The number of hydrogen-bond donors (Lipinski definition) is 0. The molecule has 29 heavy (non-hydrogen) atoms. The molecule has 1 fully saturated rings. The molecule has 0 saturated heterocycles. The van der Waals surface area contributed by atoms with Crippen molar-refractivity contribution < 1.29 is 4.74 Å². The Hall–Kier alpha value is -3.39. The molecule has 0 spiro atoms. The van der Waals surface area contributed by atoms with Crippen LogP contribution in [0.5, 0.6) is 5.75 Å². The van der Waals surface area contributed by atoms with Gasteiger partial charge in [0.05, 0.1) is 6.04 Å². The highest BCUT2D eigenvalue weighted by molar-refractivity contribution is 5.38. The quantitative estimate of drug-likeness (QED) is 0.625. The number of pyridine rings is 1. The van der Waals surface area contributed by atoms with E-state index in [4.69, 9.17) is 4.74 Å². The zero-order valence-electron chi connectivity index (χ0n) is 16.6. The molecule has 1 aliphatic rings. The number of rotatable bonds is 5. The van der Waals surface area contributed by atoms with E-state index in [2.05, 4.69) is 21.8 Å². The molecular weight excluding hydrogens is 362 g/mol. The summed E-state index contributed by atoms with van der Waals surface area (Å²) in [5.74, 6) is 7.64. The molecule has 5 heteroatoms. The Bertz CT molecular complexity index is 1100. The number of hydrogen-bond acceptors (Lipinski definition) is 4. The van der Waals surface area contributed by atoms with Gasteiger partial charge in [0.25, 0.3) is 5.56 Å². The van der Waals surface area contributed by atoms with E-state index in [0.29, 0.717) is 18.3 Å². The minimum atomic E-state index is -0.0885. The largest absolute Gasteiger partial charge is 0.489 e. The summed E-state index contributed by atoms with van der Waals surface area (Å²) in [5.41, 5.74) is 3.71. The van der Waals surface area contributed by atoms with E-state index in [0.717, 1.165) is 22.4 Å². The maximum Gasteiger partial charge on any atom is 0.254 e. The van der Waals surface area contributed by atoms with Crippen molar-refractivity contribution >= 4 is 0 Å². The van der Waals surface area contributed by atoms with Crippen LogP contribution in [0.15, 0.2) is 59.9 Å². The fraction of sp³-hybridized carbons (Fsp3) is 0.292. The molecular formula is C24H23N3O2. The number of aromatic nitrogens is 3. The number of benzene rings is 1. The van der Waals surface area contributed by atoms with Gasteiger partial charge in [-0.3, -0.25) is 4.79 Å². The van der Waals surface area contributed by atoms with Gasteiger partial charge in [0.2, 0.25) is 0 Å². The lowest BCUT2D eigenvalue weighted by Gasteiger charge is -2.19. The number of aryl methyl sites for hydroxylation is 1. The maximum atomic E-state index is 12.8. The highest BCUT2D eigenvalue weighted by Crippen LogP contribution is 2.27. The molecule has 0 N–H and O–H groups in total. The van der Waals surface area contributed by atoms with E-state index in [1.807, 2.05) is 44.2 Å². The lowest BCUT2D eigenvalue weighted by Crippen LogP contribution is -2.25. The molecule has 146 valence electrons. The van der Waals surface area contributed by atoms with Crippen molar-refractivity contribution in [2.45, 2.75) is 39.3 Å². The molecule has 3 aromatic rings. The first-order valence-electron chi connectivity index (χ1n) is 9.81. The second-order valence-corrected chi connectivity index (χ2v) is 7.42. The SMILES string of the molecule is Cc1cc(OCc2cncnc2)cc(=O)n1[C@H](C)c1ccc(C#CC2CC2)cc1. The van der Waals surface area contributed by atoms with Gasteiger partial charge in [-0.05, 0) is 50.5 Å². The lowest BCUT2D eigenvalue weighted by molar-refractivity contribution is 0.303. The van der Waals surface area contributed by atoms with Crippen LogP contribution in [0, 0.1) is 24.7 Å². The molecule has 0 amide bonds. The van der Waals surface area contributed by atoms with Gasteiger partial charge >= 0.3 is 0 Å². The Morgan fingerprint density at radius 1 is 1.17 bits per heavy atom. The van der Waals surface area contributed by atoms with Gasteiger partial charge in [0, 0.05) is 41.2 Å². The summed E-state index contributed by atoms with van der Waals surface area (Å²) < 4.78 is 7.53. The molecule has 0 radical (unpaired) electrons. The first kappa shape index (κ1) is 18.9. The molecule has 2 aromatic heterocycles. The fourth-order valence-corrected chi connectivity index (χ4v) is 3.24. The van der Waals surface area contributed by atoms with Crippen LogP contribution in [0.4, 0.5) is 0 Å². The van der Waals surface area contributed by atoms with Gasteiger partial charge in [-0.1, -0.05) is 24.0 Å². The minimum absolute atomic E-state index is 0.0792. The van der Waals surface area contributed by atoms with Gasteiger partial charge in [0.15, 0.2) is 0 Å². The topological polar surface area (TPSA) is 57.0 Å². The van der Waals surface area contributed by atoms with E-state index < -0.39 is 0 Å². The Morgan fingerprint density at radius 3 is 2.55 bits per heavy atom. The number of nitrogens with zero attached hydrogens (tertiary/aromatic N) is 3. The minimum Gasteiger partial charge on any atom is -0.489 e. The average molecular weight is 385 g/mol. The molecule has 1 atom stereocenters. The second kappa shape index (κ2) is 8.32. The van der Waals surface area contributed by atoms with Crippen LogP contribution in [-0.2, 0) is 6.61 Å². The third-order valence-corrected chi connectivity index (χ3v) is 5.03. The summed E-state index contributed by atoms with van der Waals surface area (Å²) in [6.45, 7) is 4.27. The van der Waals surface area contributed by atoms with Crippen LogP contribution in [0.2, 0.25) is 0 Å². The predicted octanol–water partition coefficient (Wildman–Crippen LogP) is 3.90. The van der Waals surface area contributed by atoms with Crippen molar-refractivity contribution in [2.24, 2.45) is 5.92 Å². The summed E-state index contributed by atoms with van der Waals surface area (Å²) >= 11 is 0. The van der Waals surface area contributed by atoms with Gasteiger partial charge < -0.3 is 9.30 Å². The standard InChI is InChI=1S/C24H23N3O2/c1-17-11-23(29-15-21-13-25-16-26-14-21)12-24(28)27(17)18(2)22-9-7-20(8-10-22)6-5-19-3-4-19/h7-14,16,18-19H,3-4,15H2,1-2H3/t18-/m1/s1. The summed E-state index contributed by atoms with van der Waals surface area (Å²) in [6.07, 6.45) is 7.32. The first-order valence-corrected chi connectivity index (χ1v) is 9.81.